The number of carbonyl (C=O) groups is 3. The van der Waals surface area contributed by atoms with Gasteiger partial charge >= 0.3 is 0 Å². The largest absolute Gasteiger partial charge is 0.459 e. The number of hydrogen-bond acceptors (Lipinski definition) is 5. The molecule has 0 fully saturated rings. The fourth-order valence-corrected chi connectivity index (χ4v) is 2.47. The molecule has 1 aromatic heterocycles. The minimum atomic E-state index is -0.396. The quantitative estimate of drug-likeness (QED) is 0.633. The molecule has 7 nitrogen and oxygen atoms in total. The Balaban J connectivity index is 1.78. The van der Waals surface area contributed by atoms with Crippen molar-refractivity contribution in [2.24, 2.45) is 5.73 Å². The second-order valence-electron chi connectivity index (χ2n) is 4.83. The fraction of sp³-hybridized carbons (Fsp3) is 0.188. The van der Waals surface area contributed by atoms with Gasteiger partial charge in [-0.1, -0.05) is 0 Å². The summed E-state index contributed by atoms with van der Waals surface area (Å²) in [6.45, 7) is 0. The van der Waals surface area contributed by atoms with E-state index in [2.05, 4.69) is 10.6 Å². The first-order valence-corrected chi connectivity index (χ1v) is 8.31. The predicted molar refractivity (Wildman–Crippen MR) is 92.9 cm³/mol. The van der Waals surface area contributed by atoms with Crippen molar-refractivity contribution in [2.45, 2.75) is 6.42 Å². The van der Waals surface area contributed by atoms with Crippen LogP contribution in [0.2, 0.25) is 0 Å². The van der Waals surface area contributed by atoms with Crippen LogP contribution in [0.4, 0.5) is 11.4 Å². The Labute approximate surface area is 143 Å². The van der Waals surface area contributed by atoms with Crippen LogP contribution in [0.25, 0.3) is 0 Å². The number of anilines is 2. The van der Waals surface area contributed by atoms with Crippen LogP contribution in [0.5, 0.6) is 0 Å². The van der Waals surface area contributed by atoms with Crippen molar-refractivity contribution in [3.8, 4) is 0 Å². The van der Waals surface area contributed by atoms with Gasteiger partial charge < -0.3 is 20.8 Å². The summed E-state index contributed by atoms with van der Waals surface area (Å²) in [6.07, 6.45) is 1.71. The van der Waals surface area contributed by atoms with Crippen molar-refractivity contribution >= 4 is 40.9 Å². The number of thioether (sulfide) groups is 1. The number of benzene rings is 1. The average Bonchev–Trinajstić information content (AvgIpc) is 3.08. The molecule has 24 heavy (non-hydrogen) atoms. The summed E-state index contributed by atoms with van der Waals surface area (Å²) in [5, 5.41) is 5.42. The fourth-order valence-electron chi connectivity index (χ4n) is 1.80. The lowest BCUT2D eigenvalue weighted by Gasteiger charge is -2.07. The molecule has 2 rings (SSSR count). The molecule has 0 saturated carbocycles. The highest BCUT2D eigenvalue weighted by atomic mass is 32.2. The Morgan fingerprint density at radius 3 is 2.29 bits per heavy atom. The van der Waals surface area contributed by atoms with Gasteiger partial charge in [-0.15, -0.1) is 0 Å². The van der Waals surface area contributed by atoms with Crippen molar-refractivity contribution in [1.82, 2.24) is 0 Å². The zero-order chi connectivity index (χ0) is 17.4. The lowest BCUT2D eigenvalue weighted by Crippen LogP contribution is -2.15. The van der Waals surface area contributed by atoms with Crippen LogP contribution in [0.15, 0.2) is 47.1 Å². The summed E-state index contributed by atoms with van der Waals surface area (Å²) < 4.78 is 5.01. The summed E-state index contributed by atoms with van der Waals surface area (Å²) in [6, 6.07) is 9.93. The maximum Gasteiger partial charge on any atom is 0.291 e. The molecule has 0 bridgehead atoms. The van der Waals surface area contributed by atoms with Crippen LogP contribution < -0.4 is 16.4 Å². The standard InChI is InChI=1S/C16H17N3O4S/c17-14(20)10-24-9-7-15(21)18-11-3-5-12(6-4-11)19-16(22)13-2-1-8-23-13/h1-6,8H,7,9-10H2,(H2,17,20)(H,18,21)(H,19,22). The van der Waals surface area contributed by atoms with Crippen LogP contribution in [0.1, 0.15) is 17.0 Å². The predicted octanol–water partition coefficient (Wildman–Crippen LogP) is 2.08. The molecular weight excluding hydrogens is 330 g/mol. The van der Waals surface area contributed by atoms with Crippen molar-refractivity contribution in [3.05, 3.63) is 48.4 Å². The van der Waals surface area contributed by atoms with E-state index in [-0.39, 0.29) is 29.7 Å². The Morgan fingerprint density at radius 2 is 1.71 bits per heavy atom. The van der Waals surface area contributed by atoms with E-state index >= 15 is 0 Å². The smallest absolute Gasteiger partial charge is 0.291 e. The molecule has 126 valence electrons. The van der Waals surface area contributed by atoms with E-state index in [9.17, 15) is 14.4 Å². The van der Waals surface area contributed by atoms with Gasteiger partial charge in [-0.2, -0.15) is 11.8 Å². The van der Waals surface area contributed by atoms with Gasteiger partial charge in [-0.25, -0.2) is 0 Å². The number of carbonyl (C=O) groups excluding carboxylic acids is 3. The molecule has 0 aliphatic carbocycles. The molecule has 0 spiro atoms. The average molecular weight is 347 g/mol. The van der Waals surface area contributed by atoms with Gasteiger partial charge in [-0.3, -0.25) is 14.4 Å². The second kappa shape index (κ2) is 8.78. The summed E-state index contributed by atoms with van der Waals surface area (Å²) in [5.41, 5.74) is 6.23. The summed E-state index contributed by atoms with van der Waals surface area (Å²) in [4.78, 5) is 34.2. The number of nitrogens with one attached hydrogen (secondary N) is 2. The van der Waals surface area contributed by atoms with Crippen molar-refractivity contribution in [2.75, 3.05) is 22.1 Å². The number of furan rings is 1. The highest BCUT2D eigenvalue weighted by molar-refractivity contribution is 7.99. The number of nitrogens with two attached hydrogens (primary N) is 1. The highest BCUT2D eigenvalue weighted by Crippen LogP contribution is 2.15. The SMILES string of the molecule is NC(=O)CSCCC(=O)Nc1ccc(NC(=O)c2ccco2)cc1. The number of amides is 3. The molecule has 8 heteroatoms. The first-order valence-electron chi connectivity index (χ1n) is 7.15. The zero-order valence-corrected chi connectivity index (χ0v) is 13.6. The lowest BCUT2D eigenvalue weighted by molar-refractivity contribution is -0.116. The van der Waals surface area contributed by atoms with Crippen LogP contribution >= 0.6 is 11.8 Å². The molecule has 4 N–H and O–H groups in total. The topological polar surface area (TPSA) is 114 Å². The van der Waals surface area contributed by atoms with Crippen LogP contribution in [0.3, 0.4) is 0 Å². The van der Waals surface area contributed by atoms with E-state index in [1.165, 1.54) is 18.0 Å². The second-order valence-corrected chi connectivity index (χ2v) is 5.93. The summed E-state index contributed by atoms with van der Waals surface area (Å²) >= 11 is 1.32. The zero-order valence-electron chi connectivity index (χ0n) is 12.8. The molecule has 0 atom stereocenters. The van der Waals surface area contributed by atoms with E-state index < -0.39 is 5.91 Å². The van der Waals surface area contributed by atoms with Gasteiger partial charge in [0.25, 0.3) is 5.91 Å². The van der Waals surface area contributed by atoms with Gasteiger partial charge in [0.05, 0.1) is 12.0 Å². The third-order valence-corrected chi connectivity index (χ3v) is 3.87. The Bertz CT molecular complexity index is 699. The van der Waals surface area contributed by atoms with E-state index in [0.29, 0.717) is 17.1 Å². The minimum absolute atomic E-state index is 0.153. The van der Waals surface area contributed by atoms with E-state index in [4.69, 9.17) is 10.2 Å². The molecule has 0 radical (unpaired) electrons. The maximum atomic E-state index is 11.8. The number of hydrogen-bond donors (Lipinski definition) is 3. The van der Waals surface area contributed by atoms with Crippen molar-refractivity contribution in [1.29, 1.82) is 0 Å². The minimum Gasteiger partial charge on any atom is -0.459 e. The summed E-state index contributed by atoms with van der Waals surface area (Å²) in [5.74, 6) is 0.0553. The first kappa shape index (κ1) is 17.6. The maximum absolute atomic E-state index is 11.8. The Hall–Kier alpha value is -2.74. The normalized spacial score (nSPS) is 10.2. The monoisotopic (exact) mass is 347 g/mol. The van der Waals surface area contributed by atoms with Crippen molar-refractivity contribution < 1.29 is 18.8 Å². The van der Waals surface area contributed by atoms with Crippen LogP contribution in [-0.2, 0) is 9.59 Å². The van der Waals surface area contributed by atoms with E-state index in [1.54, 1.807) is 36.4 Å². The molecule has 2 aromatic rings. The highest BCUT2D eigenvalue weighted by Gasteiger charge is 2.09. The Kier molecular flexibility index (Phi) is 6.44. The van der Waals surface area contributed by atoms with E-state index in [1.807, 2.05) is 0 Å². The van der Waals surface area contributed by atoms with Gasteiger partial charge in [0.2, 0.25) is 11.8 Å². The Morgan fingerprint density at radius 1 is 1.04 bits per heavy atom. The van der Waals surface area contributed by atoms with Gasteiger partial charge in [0.1, 0.15) is 0 Å². The number of rotatable bonds is 8. The van der Waals surface area contributed by atoms with Crippen LogP contribution in [0, 0.1) is 0 Å². The molecule has 0 aliphatic heterocycles. The van der Waals surface area contributed by atoms with Crippen molar-refractivity contribution in [3.63, 3.8) is 0 Å². The molecule has 1 heterocycles. The van der Waals surface area contributed by atoms with Gasteiger partial charge in [0.15, 0.2) is 5.76 Å². The third kappa shape index (κ3) is 5.81. The van der Waals surface area contributed by atoms with Crippen LogP contribution in [-0.4, -0.2) is 29.2 Å². The third-order valence-electron chi connectivity index (χ3n) is 2.89. The molecule has 0 saturated heterocycles. The molecule has 0 unspecified atom stereocenters. The lowest BCUT2D eigenvalue weighted by atomic mass is 10.2. The first-order chi connectivity index (χ1) is 11.5. The summed E-state index contributed by atoms with van der Waals surface area (Å²) in [7, 11) is 0. The van der Waals surface area contributed by atoms with Gasteiger partial charge in [0, 0.05) is 23.5 Å². The molecule has 3 amide bonds. The molecular formula is C16H17N3O4S. The molecule has 1 aromatic carbocycles. The van der Waals surface area contributed by atoms with E-state index in [0.717, 1.165) is 0 Å². The number of primary amides is 1. The van der Waals surface area contributed by atoms with Gasteiger partial charge in [-0.05, 0) is 36.4 Å². The molecule has 0 aliphatic rings.